The van der Waals surface area contributed by atoms with E-state index in [9.17, 15) is 39.6 Å². The first-order valence-electron chi connectivity index (χ1n) is 6.85. The molecule has 2 aromatic rings. The summed E-state index contributed by atoms with van der Waals surface area (Å²) in [4.78, 5) is 47.2. The van der Waals surface area contributed by atoms with Gasteiger partial charge in [0.2, 0.25) is 10.8 Å². The maximum Gasteiger partial charge on any atom is 0.327 e. The van der Waals surface area contributed by atoms with Crippen molar-refractivity contribution in [3.63, 3.8) is 0 Å². The quantitative estimate of drug-likeness (QED) is 0.525. The Morgan fingerprint density at radius 1 is 0.760 bits per heavy atom. The number of carbonyl (C=O) groups is 4. The second kappa shape index (κ2) is 4.94. The SMILES string of the molecule is O=C(O)C1(C(=O)O)C=c2oc3ccccc3c2=CC1(C(=O)O)C(=O)O. The van der Waals surface area contributed by atoms with E-state index in [4.69, 9.17) is 4.42 Å². The molecule has 1 heterocycles. The molecule has 0 amide bonds. The van der Waals surface area contributed by atoms with E-state index in [0.29, 0.717) is 17.5 Å². The summed E-state index contributed by atoms with van der Waals surface area (Å²) in [7, 11) is 0. The number of hydrogen-bond donors (Lipinski definition) is 4. The molecule has 1 aromatic carbocycles. The van der Waals surface area contributed by atoms with E-state index in [1.807, 2.05) is 0 Å². The lowest BCUT2D eigenvalue weighted by molar-refractivity contribution is -0.182. The molecular formula is C16H10O9. The van der Waals surface area contributed by atoms with E-state index in [2.05, 4.69) is 0 Å². The zero-order valence-electron chi connectivity index (χ0n) is 12.3. The fraction of sp³-hybridized carbons (Fsp3) is 0.125. The molecule has 9 heteroatoms. The first-order valence-corrected chi connectivity index (χ1v) is 6.85. The Morgan fingerprint density at radius 2 is 1.24 bits per heavy atom. The van der Waals surface area contributed by atoms with Crippen LogP contribution in [-0.4, -0.2) is 44.3 Å². The van der Waals surface area contributed by atoms with Gasteiger partial charge >= 0.3 is 23.9 Å². The monoisotopic (exact) mass is 346 g/mol. The summed E-state index contributed by atoms with van der Waals surface area (Å²) in [6.45, 7) is 0. The van der Waals surface area contributed by atoms with E-state index in [1.54, 1.807) is 12.1 Å². The Labute approximate surface area is 137 Å². The number of para-hydroxylation sites is 1. The summed E-state index contributed by atoms with van der Waals surface area (Å²) >= 11 is 0. The van der Waals surface area contributed by atoms with Gasteiger partial charge in [-0.25, -0.2) is 0 Å². The molecule has 0 bridgehead atoms. The van der Waals surface area contributed by atoms with Gasteiger partial charge in [0.25, 0.3) is 0 Å². The van der Waals surface area contributed by atoms with E-state index >= 15 is 0 Å². The van der Waals surface area contributed by atoms with E-state index in [1.165, 1.54) is 12.1 Å². The van der Waals surface area contributed by atoms with Gasteiger partial charge in [-0.15, -0.1) is 0 Å². The first kappa shape index (κ1) is 16.2. The third-order valence-corrected chi connectivity index (χ3v) is 4.34. The van der Waals surface area contributed by atoms with E-state index < -0.39 is 34.7 Å². The molecule has 0 unspecified atom stereocenters. The molecule has 9 nitrogen and oxygen atoms in total. The summed E-state index contributed by atoms with van der Waals surface area (Å²) in [6, 6.07) is 6.21. The van der Waals surface area contributed by atoms with Crippen molar-refractivity contribution in [3.8, 4) is 0 Å². The molecule has 0 saturated heterocycles. The van der Waals surface area contributed by atoms with Gasteiger partial charge in [0, 0.05) is 10.6 Å². The van der Waals surface area contributed by atoms with Crippen LogP contribution in [0.2, 0.25) is 0 Å². The molecule has 0 radical (unpaired) electrons. The highest BCUT2D eigenvalue weighted by atomic mass is 16.4. The molecule has 0 atom stereocenters. The van der Waals surface area contributed by atoms with Gasteiger partial charge < -0.3 is 24.8 Å². The van der Waals surface area contributed by atoms with Gasteiger partial charge in [-0.2, -0.15) is 0 Å². The van der Waals surface area contributed by atoms with Crippen LogP contribution in [0.25, 0.3) is 23.1 Å². The first-order chi connectivity index (χ1) is 11.7. The third-order valence-electron chi connectivity index (χ3n) is 4.34. The fourth-order valence-corrected chi connectivity index (χ4v) is 3.09. The predicted octanol–water partition coefficient (Wildman–Crippen LogP) is -0.681. The van der Waals surface area contributed by atoms with Crippen LogP contribution in [0, 0.1) is 10.8 Å². The lowest BCUT2D eigenvalue weighted by Gasteiger charge is -2.35. The molecule has 1 aliphatic carbocycles. The molecule has 0 aliphatic heterocycles. The number of aliphatic carboxylic acids is 4. The summed E-state index contributed by atoms with van der Waals surface area (Å²) in [5, 5.41) is 38.4. The number of hydrogen-bond acceptors (Lipinski definition) is 5. The van der Waals surface area contributed by atoms with Gasteiger partial charge in [0.05, 0.1) is 0 Å². The van der Waals surface area contributed by atoms with Crippen molar-refractivity contribution in [1.82, 2.24) is 0 Å². The fourth-order valence-electron chi connectivity index (χ4n) is 3.09. The van der Waals surface area contributed by atoms with E-state index in [-0.39, 0.29) is 16.2 Å². The van der Waals surface area contributed by atoms with Crippen LogP contribution in [0.3, 0.4) is 0 Å². The minimum absolute atomic E-state index is 0.0125. The average molecular weight is 346 g/mol. The Bertz CT molecular complexity index is 1040. The van der Waals surface area contributed by atoms with E-state index in [0.717, 1.165) is 0 Å². The number of rotatable bonds is 4. The summed E-state index contributed by atoms with van der Waals surface area (Å²) in [6.07, 6.45) is 1.16. The molecular weight excluding hydrogens is 336 g/mol. The smallest absolute Gasteiger partial charge is 0.327 e. The third kappa shape index (κ3) is 1.77. The van der Waals surface area contributed by atoms with Gasteiger partial charge in [0.15, 0.2) is 0 Å². The number of carboxylic acids is 4. The number of furan rings is 1. The summed E-state index contributed by atoms with van der Waals surface area (Å²) in [5.41, 5.74) is -6.53. The topological polar surface area (TPSA) is 162 Å². The second-order valence-corrected chi connectivity index (χ2v) is 5.50. The van der Waals surface area contributed by atoms with Gasteiger partial charge in [-0.05, 0) is 18.2 Å². The minimum atomic E-state index is -3.29. The van der Waals surface area contributed by atoms with Crippen molar-refractivity contribution in [2.45, 2.75) is 0 Å². The van der Waals surface area contributed by atoms with Crippen LogP contribution in [-0.2, 0) is 19.2 Å². The van der Waals surface area contributed by atoms with Crippen molar-refractivity contribution in [1.29, 1.82) is 0 Å². The molecule has 128 valence electrons. The van der Waals surface area contributed by atoms with Gasteiger partial charge in [-0.1, -0.05) is 18.2 Å². The minimum Gasteiger partial charge on any atom is -0.480 e. The number of fused-ring (bicyclic) bond motifs is 3. The Kier molecular flexibility index (Phi) is 3.21. The van der Waals surface area contributed by atoms with Crippen molar-refractivity contribution < 1.29 is 44.0 Å². The lowest BCUT2D eigenvalue weighted by atomic mass is 9.60. The van der Waals surface area contributed by atoms with Gasteiger partial charge in [0.1, 0.15) is 11.0 Å². The van der Waals surface area contributed by atoms with Crippen LogP contribution in [0.4, 0.5) is 0 Å². The molecule has 1 aromatic heterocycles. The maximum atomic E-state index is 11.8. The van der Waals surface area contributed by atoms with Crippen LogP contribution in [0.1, 0.15) is 0 Å². The van der Waals surface area contributed by atoms with Crippen molar-refractivity contribution >= 4 is 47.0 Å². The predicted molar refractivity (Wildman–Crippen MR) is 79.8 cm³/mol. The molecule has 4 N–H and O–H groups in total. The summed E-state index contributed by atoms with van der Waals surface area (Å²) in [5.74, 6) is -8.49. The Hall–Kier alpha value is -3.62. The average Bonchev–Trinajstić information content (AvgIpc) is 2.89. The number of benzene rings is 1. The van der Waals surface area contributed by atoms with Crippen LogP contribution in [0.15, 0.2) is 28.7 Å². The van der Waals surface area contributed by atoms with Crippen LogP contribution in [0.5, 0.6) is 0 Å². The molecule has 0 fully saturated rings. The van der Waals surface area contributed by atoms with Crippen molar-refractivity contribution in [3.05, 3.63) is 34.9 Å². The highest BCUT2D eigenvalue weighted by molar-refractivity contribution is 6.21. The molecule has 25 heavy (non-hydrogen) atoms. The second-order valence-electron chi connectivity index (χ2n) is 5.50. The Morgan fingerprint density at radius 3 is 1.76 bits per heavy atom. The molecule has 1 aliphatic rings. The Balaban J connectivity index is 2.63. The van der Waals surface area contributed by atoms with Crippen molar-refractivity contribution in [2.75, 3.05) is 0 Å². The number of carboxylic acid groups (broad SMARTS) is 4. The largest absolute Gasteiger partial charge is 0.480 e. The maximum absolute atomic E-state index is 11.8. The normalized spacial score (nSPS) is 17.0. The summed E-state index contributed by atoms with van der Waals surface area (Å²) < 4.78 is 5.40. The lowest BCUT2D eigenvalue weighted by Crippen LogP contribution is -2.62. The van der Waals surface area contributed by atoms with Gasteiger partial charge in [-0.3, -0.25) is 19.2 Å². The molecule has 0 saturated carbocycles. The highest BCUT2D eigenvalue weighted by Gasteiger charge is 2.70. The molecule has 0 spiro atoms. The van der Waals surface area contributed by atoms with Crippen molar-refractivity contribution in [2.24, 2.45) is 10.8 Å². The zero-order chi connectivity index (χ0) is 18.6. The van der Waals surface area contributed by atoms with Crippen LogP contribution < -0.4 is 10.6 Å². The highest BCUT2D eigenvalue weighted by Crippen LogP contribution is 2.45. The molecule has 3 rings (SSSR count). The zero-order valence-corrected chi connectivity index (χ0v) is 12.3. The standard InChI is InChI=1S/C16H10O9/c17-11(18)15(12(19)20)5-8-7-3-1-2-4-9(7)25-10(8)6-16(15,13(21)22)14(23)24/h1-6H,(H,17,18)(H,19,20)(H,21,22)(H,23,24). The van der Waals surface area contributed by atoms with Crippen LogP contribution >= 0.6 is 0 Å².